The van der Waals surface area contributed by atoms with Crippen LogP contribution >= 0.6 is 0 Å². The largest absolute Gasteiger partial charge is 0.469 e. The quantitative estimate of drug-likeness (QED) is 0.448. The predicted octanol–water partition coefficient (Wildman–Crippen LogP) is 4.43. The van der Waals surface area contributed by atoms with Crippen LogP contribution in [0.5, 0.6) is 0 Å². The van der Waals surface area contributed by atoms with E-state index in [0.29, 0.717) is 31.1 Å². The Morgan fingerprint density at radius 3 is 2.26 bits per heavy atom. The van der Waals surface area contributed by atoms with Gasteiger partial charge in [0.1, 0.15) is 12.2 Å². The van der Waals surface area contributed by atoms with Gasteiger partial charge in [0, 0.05) is 39.0 Å². The molecule has 0 aromatic carbocycles. The van der Waals surface area contributed by atoms with Gasteiger partial charge >= 0.3 is 17.9 Å². The first-order valence-electron chi connectivity index (χ1n) is 13.5. The average Bonchev–Trinajstić information content (AvgIpc) is 3.11. The molecule has 4 aliphatic carbocycles. The van der Waals surface area contributed by atoms with Crippen molar-refractivity contribution in [2.75, 3.05) is 7.11 Å². The van der Waals surface area contributed by atoms with E-state index in [1.807, 2.05) is 0 Å². The van der Waals surface area contributed by atoms with Gasteiger partial charge in [0.25, 0.3) is 0 Å². The predicted molar refractivity (Wildman–Crippen MR) is 129 cm³/mol. The Morgan fingerprint density at radius 1 is 0.943 bits per heavy atom. The SMILES string of the molecule is COC(=O)C[C@@H](C)[C@H]1CC[C@H]2[C@@H]3[C@@H](OC(C)=O)C[C@]4(O)C[C@H](OC(C)=O)CC[C@]4(C)[C@H]3CC[C@]12C. The molecule has 0 heterocycles. The molecular weight excluding hydrogens is 448 g/mol. The first kappa shape index (κ1) is 26.4. The van der Waals surface area contributed by atoms with Crippen LogP contribution in [0.2, 0.25) is 0 Å². The summed E-state index contributed by atoms with van der Waals surface area (Å²) in [6, 6.07) is 0. The van der Waals surface area contributed by atoms with Gasteiger partial charge in [-0.2, -0.15) is 0 Å². The van der Waals surface area contributed by atoms with Gasteiger partial charge in [-0.1, -0.05) is 20.8 Å². The second-order valence-corrected chi connectivity index (χ2v) is 12.6. The van der Waals surface area contributed by atoms with Crippen LogP contribution in [-0.2, 0) is 28.6 Å². The van der Waals surface area contributed by atoms with Crippen molar-refractivity contribution >= 4 is 17.9 Å². The van der Waals surface area contributed by atoms with E-state index >= 15 is 0 Å². The highest BCUT2D eigenvalue weighted by Crippen LogP contribution is 2.69. The van der Waals surface area contributed by atoms with E-state index in [1.165, 1.54) is 21.0 Å². The molecule has 4 rings (SSSR count). The molecule has 0 aromatic rings. The Kier molecular flexibility index (Phi) is 7.06. The van der Waals surface area contributed by atoms with E-state index in [-0.39, 0.29) is 58.7 Å². The Bertz CT molecular complexity index is 856. The average molecular weight is 493 g/mol. The summed E-state index contributed by atoms with van der Waals surface area (Å²) in [5.41, 5.74) is -1.30. The van der Waals surface area contributed by atoms with Gasteiger partial charge in [0.2, 0.25) is 0 Å². The molecule has 7 heteroatoms. The van der Waals surface area contributed by atoms with E-state index in [2.05, 4.69) is 20.8 Å². The molecule has 7 nitrogen and oxygen atoms in total. The fourth-order valence-electron chi connectivity index (χ4n) is 9.31. The molecular formula is C28H44O7. The standard InChI is InChI=1S/C28H44O7/c1-16(13-24(31)33-6)20-7-8-21-25-22(10-11-26(20,21)4)27(5)12-9-19(34-17(2)29)14-28(27,32)15-23(25)35-18(3)30/h16,19-23,25,32H,7-15H2,1-6H3/t16-,19-,20-,21+,22+,23+,25+,26-,27-,28-/m1/s1. The van der Waals surface area contributed by atoms with E-state index in [4.69, 9.17) is 14.2 Å². The summed E-state index contributed by atoms with van der Waals surface area (Å²) in [5, 5.41) is 12.1. The number of carbonyl (C=O) groups excluding carboxylic acids is 3. The van der Waals surface area contributed by atoms with Gasteiger partial charge in [0.15, 0.2) is 0 Å². The van der Waals surface area contributed by atoms with Gasteiger partial charge in [-0.3, -0.25) is 14.4 Å². The Morgan fingerprint density at radius 2 is 1.63 bits per heavy atom. The van der Waals surface area contributed by atoms with Gasteiger partial charge < -0.3 is 19.3 Å². The minimum Gasteiger partial charge on any atom is -0.469 e. The maximum Gasteiger partial charge on any atom is 0.305 e. The molecule has 0 radical (unpaired) electrons. The lowest BCUT2D eigenvalue weighted by Crippen LogP contribution is -2.67. The van der Waals surface area contributed by atoms with E-state index < -0.39 is 5.60 Å². The van der Waals surface area contributed by atoms with Crippen LogP contribution in [0.1, 0.15) is 92.4 Å². The third kappa shape index (κ3) is 4.40. The summed E-state index contributed by atoms with van der Waals surface area (Å²) in [4.78, 5) is 35.9. The van der Waals surface area contributed by atoms with E-state index in [9.17, 15) is 19.5 Å². The highest BCUT2D eigenvalue weighted by Gasteiger charge is 2.68. The molecule has 0 amide bonds. The Labute approximate surface area is 209 Å². The molecule has 4 aliphatic rings. The molecule has 198 valence electrons. The zero-order valence-corrected chi connectivity index (χ0v) is 22.3. The number of carbonyl (C=O) groups is 3. The van der Waals surface area contributed by atoms with Gasteiger partial charge in [0.05, 0.1) is 12.7 Å². The zero-order valence-electron chi connectivity index (χ0n) is 22.3. The first-order chi connectivity index (χ1) is 16.3. The number of hydrogen-bond acceptors (Lipinski definition) is 7. The van der Waals surface area contributed by atoms with Crippen molar-refractivity contribution in [3.05, 3.63) is 0 Å². The molecule has 0 bridgehead atoms. The highest BCUT2D eigenvalue weighted by atomic mass is 16.5. The van der Waals surface area contributed by atoms with Gasteiger partial charge in [-0.25, -0.2) is 0 Å². The molecule has 0 saturated heterocycles. The summed E-state index contributed by atoms with van der Waals surface area (Å²) < 4.78 is 16.5. The number of aliphatic hydroxyl groups is 1. The van der Waals surface area contributed by atoms with Crippen LogP contribution in [0.3, 0.4) is 0 Å². The fraction of sp³-hybridized carbons (Fsp3) is 0.893. The lowest BCUT2D eigenvalue weighted by Gasteiger charge is -2.65. The maximum absolute atomic E-state index is 12.2. The number of methoxy groups -OCH3 is 1. The normalized spacial score (nSPS) is 45.3. The zero-order chi connectivity index (χ0) is 25.8. The molecule has 10 atom stereocenters. The van der Waals surface area contributed by atoms with Crippen molar-refractivity contribution in [1.82, 2.24) is 0 Å². The second kappa shape index (κ2) is 9.35. The van der Waals surface area contributed by atoms with Crippen LogP contribution < -0.4 is 0 Å². The topological polar surface area (TPSA) is 99.1 Å². The third-order valence-corrected chi connectivity index (χ3v) is 10.9. The molecule has 1 N–H and O–H groups in total. The summed E-state index contributed by atoms with van der Waals surface area (Å²) in [6.45, 7) is 9.63. The van der Waals surface area contributed by atoms with E-state index in [0.717, 1.165) is 38.5 Å². The molecule has 4 saturated carbocycles. The Balaban J connectivity index is 1.65. The summed E-state index contributed by atoms with van der Waals surface area (Å²) in [6.07, 6.45) is 6.22. The molecule has 35 heavy (non-hydrogen) atoms. The van der Waals surface area contributed by atoms with Crippen molar-refractivity contribution in [2.45, 2.75) is 110 Å². The summed E-state index contributed by atoms with van der Waals surface area (Å²) in [7, 11) is 1.45. The molecule has 0 aliphatic heterocycles. The molecule has 0 aromatic heterocycles. The maximum atomic E-state index is 12.2. The summed E-state index contributed by atoms with van der Waals surface area (Å²) in [5.74, 6) is 0.655. The van der Waals surface area contributed by atoms with Crippen molar-refractivity contribution in [2.24, 2.45) is 40.4 Å². The van der Waals surface area contributed by atoms with Crippen LogP contribution in [0.15, 0.2) is 0 Å². The third-order valence-electron chi connectivity index (χ3n) is 10.9. The van der Waals surface area contributed by atoms with Crippen molar-refractivity contribution in [3.63, 3.8) is 0 Å². The molecule has 0 spiro atoms. The molecule has 0 unspecified atom stereocenters. The van der Waals surface area contributed by atoms with Crippen LogP contribution in [0.4, 0.5) is 0 Å². The fourth-order valence-corrected chi connectivity index (χ4v) is 9.31. The minimum absolute atomic E-state index is 0.0633. The van der Waals surface area contributed by atoms with Crippen LogP contribution in [-0.4, -0.2) is 47.9 Å². The van der Waals surface area contributed by atoms with E-state index in [1.54, 1.807) is 0 Å². The van der Waals surface area contributed by atoms with Crippen LogP contribution in [0, 0.1) is 40.4 Å². The smallest absolute Gasteiger partial charge is 0.305 e. The minimum atomic E-state index is -1.05. The van der Waals surface area contributed by atoms with Crippen molar-refractivity contribution in [3.8, 4) is 0 Å². The van der Waals surface area contributed by atoms with Gasteiger partial charge in [-0.05, 0) is 73.0 Å². The number of esters is 3. The van der Waals surface area contributed by atoms with Crippen molar-refractivity contribution < 1.29 is 33.7 Å². The number of fused-ring (bicyclic) bond motifs is 5. The first-order valence-corrected chi connectivity index (χ1v) is 13.5. The highest BCUT2D eigenvalue weighted by molar-refractivity contribution is 5.69. The van der Waals surface area contributed by atoms with Crippen LogP contribution in [0.25, 0.3) is 0 Å². The number of rotatable bonds is 5. The lowest BCUT2D eigenvalue weighted by molar-refractivity contribution is -0.255. The van der Waals surface area contributed by atoms with Gasteiger partial charge in [-0.15, -0.1) is 0 Å². The monoisotopic (exact) mass is 492 g/mol. The number of ether oxygens (including phenoxy) is 3. The lowest BCUT2D eigenvalue weighted by atomic mass is 9.42. The van der Waals surface area contributed by atoms with Crippen molar-refractivity contribution in [1.29, 1.82) is 0 Å². The number of hydrogen-bond donors (Lipinski definition) is 1. The second-order valence-electron chi connectivity index (χ2n) is 12.6. The Hall–Kier alpha value is -1.63. The molecule has 4 fully saturated rings. The summed E-state index contributed by atoms with van der Waals surface area (Å²) >= 11 is 0.